The van der Waals surface area contributed by atoms with Crippen molar-refractivity contribution in [2.75, 3.05) is 13.2 Å². The Bertz CT molecular complexity index is 217. The maximum absolute atomic E-state index is 5.45. The first-order chi connectivity index (χ1) is 7.84. The molecular formula is C14H25NO. The molecule has 0 bridgehead atoms. The van der Waals surface area contributed by atoms with Crippen LogP contribution in [-0.2, 0) is 4.74 Å². The van der Waals surface area contributed by atoms with Crippen molar-refractivity contribution in [3.63, 3.8) is 0 Å². The number of hydrogen-bond donors (Lipinski definition) is 1. The molecule has 3 rings (SSSR count). The summed E-state index contributed by atoms with van der Waals surface area (Å²) in [4.78, 5) is 0. The zero-order chi connectivity index (χ0) is 11.0. The minimum Gasteiger partial charge on any atom is -0.381 e. The highest BCUT2D eigenvalue weighted by Crippen LogP contribution is 2.45. The Morgan fingerprint density at radius 2 is 1.44 bits per heavy atom. The zero-order valence-electron chi connectivity index (χ0n) is 10.5. The number of rotatable bonds is 5. The Kier molecular flexibility index (Phi) is 3.21. The predicted octanol–water partition coefficient (Wildman–Crippen LogP) is 2.58. The molecule has 1 heterocycles. The molecule has 2 heteroatoms. The van der Waals surface area contributed by atoms with Gasteiger partial charge in [0.1, 0.15) is 0 Å². The Balaban J connectivity index is 1.51. The van der Waals surface area contributed by atoms with Crippen LogP contribution in [0.5, 0.6) is 0 Å². The van der Waals surface area contributed by atoms with Crippen LogP contribution in [0.2, 0.25) is 0 Å². The summed E-state index contributed by atoms with van der Waals surface area (Å²) < 4.78 is 5.45. The van der Waals surface area contributed by atoms with Gasteiger partial charge in [-0.05, 0) is 63.2 Å². The summed E-state index contributed by atoms with van der Waals surface area (Å²) in [5.41, 5.74) is 0. The minimum atomic E-state index is 0.704. The van der Waals surface area contributed by atoms with E-state index in [9.17, 15) is 0 Å². The Morgan fingerprint density at radius 3 is 1.94 bits per heavy atom. The van der Waals surface area contributed by atoms with Gasteiger partial charge in [-0.3, -0.25) is 0 Å². The number of nitrogens with one attached hydrogen (secondary N) is 1. The van der Waals surface area contributed by atoms with Crippen molar-refractivity contribution in [2.24, 2.45) is 17.8 Å². The van der Waals surface area contributed by atoms with Crippen molar-refractivity contribution in [3.8, 4) is 0 Å². The second kappa shape index (κ2) is 4.66. The second-order valence-corrected chi connectivity index (χ2v) is 6.11. The van der Waals surface area contributed by atoms with Crippen molar-refractivity contribution in [2.45, 2.75) is 57.5 Å². The molecule has 1 atom stereocenters. The SMILES string of the molecule is CC(NC(C1CC1)C1CC1)C1CCOCC1. The molecule has 0 aromatic carbocycles. The third-order valence-electron chi connectivity index (χ3n) is 4.69. The standard InChI is InChI=1S/C14H25NO/c1-10(11-6-8-16-9-7-11)15-14(12-2-3-12)13-4-5-13/h10-15H,2-9H2,1H3. The molecule has 1 aliphatic heterocycles. The largest absolute Gasteiger partial charge is 0.381 e. The highest BCUT2D eigenvalue weighted by molar-refractivity contribution is 4.97. The van der Waals surface area contributed by atoms with Crippen molar-refractivity contribution >= 4 is 0 Å². The fourth-order valence-electron chi connectivity index (χ4n) is 3.22. The fourth-order valence-corrected chi connectivity index (χ4v) is 3.22. The molecule has 1 saturated heterocycles. The summed E-state index contributed by atoms with van der Waals surface area (Å²) in [6.07, 6.45) is 8.44. The lowest BCUT2D eigenvalue weighted by Crippen LogP contribution is -2.44. The van der Waals surface area contributed by atoms with Gasteiger partial charge < -0.3 is 10.1 Å². The molecule has 2 saturated carbocycles. The van der Waals surface area contributed by atoms with Crippen LogP contribution in [0, 0.1) is 17.8 Å². The first-order valence-corrected chi connectivity index (χ1v) is 7.18. The van der Waals surface area contributed by atoms with Gasteiger partial charge in [-0.15, -0.1) is 0 Å². The van der Waals surface area contributed by atoms with Gasteiger partial charge in [0.05, 0.1) is 0 Å². The molecule has 0 radical (unpaired) electrons. The van der Waals surface area contributed by atoms with Crippen LogP contribution in [-0.4, -0.2) is 25.3 Å². The highest BCUT2D eigenvalue weighted by Gasteiger charge is 2.42. The van der Waals surface area contributed by atoms with E-state index < -0.39 is 0 Å². The average Bonchev–Trinajstić information content (AvgIpc) is 3.19. The van der Waals surface area contributed by atoms with Crippen molar-refractivity contribution in [1.29, 1.82) is 0 Å². The van der Waals surface area contributed by atoms with Crippen LogP contribution in [0.1, 0.15) is 45.4 Å². The van der Waals surface area contributed by atoms with E-state index in [0.717, 1.165) is 37.0 Å². The third-order valence-corrected chi connectivity index (χ3v) is 4.69. The zero-order valence-corrected chi connectivity index (χ0v) is 10.5. The van der Waals surface area contributed by atoms with Gasteiger partial charge in [0.25, 0.3) is 0 Å². The smallest absolute Gasteiger partial charge is 0.0469 e. The third kappa shape index (κ3) is 2.60. The van der Waals surface area contributed by atoms with Crippen molar-refractivity contribution < 1.29 is 4.74 Å². The van der Waals surface area contributed by atoms with Gasteiger partial charge in [0, 0.05) is 25.3 Å². The van der Waals surface area contributed by atoms with Gasteiger partial charge in [0.2, 0.25) is 0 Å². The van der Waals surface area contributed by atoms with E-state index in [2.05, 4.69) is 12.2 Å². The summed E-state index contributed by atoms with van der Waals surface area (Å²) >= 11 is 0. The molecular weight excluding hydrogens is 198 g/mol. The van der Waals surface area contributed by atoms with Crippen LogP contribution >= 0.6 is 0 Å². The van der Waals surface area contributed by atoms with E-state index in [-0.39, 0.29) is 0 Å². The van der Waals surface area contributed by atoms with E-state index in [1.807, 2.05) is 0 Å². The van der Waals surface area contributed by atoms with Crippen LogP contribution < -0.4 is 5.32 Å². The fraction of sp³-hybridized carbons (Fsp3) is 1.00. The minimum absolute atomic E-state index is 0.704. The van der Waals surface area contributed by atoms with Crippen LogP contribution in [0.4, 0.5) is 0 Å². The highest BCUT2D eigenvalue weighted by atomic mass is 16.5. The molecule has 2 nitrogen and oxygen atoms in total. The van der Waals surface area contributed by atoms with E-state index in [1.54, 1.807) is 0 Å². The Hall–Kier alpha value is -0.0800. The molecule has 0 aromatic heterocycles. The topological polar surface area (TPSA) is 21.3 Å². The molecule has 0 amide bonds. The molecule has 3 fully saturated rings. The maximum Gasteiger partial charge on any atom is 0.0469 e. The molecule has 1 unspecified atom stereocenters. The first kappa shape index (κ1) is 11.0. The Morgan fingerprint density at radius 1 is 0.875 bits per heavy atom. The summed E-state index contributed by atoms with van der Waals surface area (Å²) in [6.45, 7) is 4.36. The monoisotopic (exact) mass is 223 g/mol. The lowest BCUT2D eigenvalue weighted by atomic mass is 9.91. The number of ether oxygens (including phenoxy) is 1. The Labute approximate surface area is 99.1 Å². The van der Waals surface area contributed by atoms with E-state index in [4.69, 9.17) is 4.74 Å². The molecule has 0 aromatic rings. The van der Waals surface area contributed by atoms with Gasteiger partial charge in [0.15, 0.2) is 0 Å². The van der Waals surface area contributed by atoms with Crippen molar-refractivity contribution in [3.05, 3.63) is 0 Å². The van der Waals surface area contributed by atoms with Crippen molar-refractivity contribution in [1.82, 2.24) is 5.32 Å². The first-order valence-electron chi connectivity index (χ1n) is 7.18. The van der Waals surface area contributed by atoms with Crippen LogP contribution in [0.15, 0.2) is 0 Å². The lowest BCUT2D eigenvalue weighted by molar-refractivity contribution is 0.0535. The lowest BCUT2D eigenvalue weighted by Gasteiger charge is -2.32. The van der Waals surface area contributed by atoms with Gasteiger partial charge in [-0.1, -0.05) is 0 Å². The molecule has 1 N–H and O–H groups in total. The van der Waals surface area contributed by atoms with E-state index in [1.165, 1.54) is 38.5 Å². The summed E-state index contributed by atoms with van der Waals surface area (Å²) in [5, 5.41) is 3.96. The summed E-state index contributed by atoms with van der Waals surface area (Å²) in [6, 6.07) is 1.56. The molecule has 0 spiro atoms. The van der Waals surface area contributed by atoms with Gasteiger partial charge in [-0.25, -0.2) is 0 Å². The summed E-state index contributed by atoms with van der Waals surface area (Å²) in [5.74, 6) is 2.90. The van der Waals surface area contributed by atoms with Crippen LogP contribution in [0.25, 0.3) is 0 Å². The maximum atomic E-state index is 5.45. The van der Waals surface area contributed by atoms with E-state index in [0.29, 0.717) is 6.04 Å². The number of hydrogen-bond acceptors (Lipinski definition) is 2. The van der Waals surface area contributed by atoms with Gasteiger partial charge in [-0.2, -0.15) is 0 Å². The average molecular weight is 223 g/mol. The predicted molar refractivity (Wildman–Crippen MR) is 65.4 cm³/mol. The van der Waals surface area contributed by atoms with Crippen LogP contribution in [0.3, 0.4) is 0 Å². The normalized spacial score (nSPS) is 29.6. The molecule has 2 aliphatic carbocycles. The molecule has 3 aliphatic rings. The molecule has 16 heavy (non-hydrogen) atoms. The molecule has 92 valence electrons. The quantitative estimate of drug-likeness (QED) is 0.773. The summed E-state index contributed by atoms with van der Waals surface area (Å²) in [7, 11) is 0. The van der Waals surface area contributed by atoms with E-state index >= 15 is 0 Å². The van der Waals surface area contributed by atoms with Gasteiger partial charge >= 0.3 is 0 Å². The second-order valence-electron chi connectivity index (χ2n) is 6.11.